The van der Waals surface area contributed by atoms with Crippen LogP contribution in [0.1, 0.15) is 85.0 Å². The highest BCUT2D eigenvalue weighted by Crippen LogP contribution is 2.11. The summed E-state index contributed by atoms with van der Waals surface area (Å²) in [5, 5.41) is 0. The van der Waals surface area contributed by atoms with Gasteiger partial charge in [0, 0.05) is 12.8 Å². The molecule has 0 saturated carbocycles. The molecule has 0 atom stereocenters. The van der Waals surface area contributed by atoms with E-state index in [2.05, 4.69) is 20.8 Å². The van der Waals surface area contributed by atoms with Crippen LogP contribution in [0.2, 0.25) is 0 Å². The first-order chi connectivity index (χ1) is 7.66. The molecule has 1 nitrogen and oxygen atoms in total. The molecule has 0 aromatic carbocycles. The van der Waals surface area contributed by atoms with Gasteiger partial charge in [-0.05, 0) is 18.8 Å². The van der Waals surface area contributed by atoms with Gasteiger partial charge in [-0.25, -0.2) is 0 Å². The Bertz CT molecular complexity index is 161. The molecule has 0 amide bonds. The first-order valence-electron chi connectivity index (χ1n) is 7.18. The molecule has 0 rings (SSSR count). The highest BCUT2D eigenvalue weighted by atomic mass is 16.1. The third-order valence-corrected chi connectivity index (χ3v) is 3.05. The molecule has 16 heavy (non-hydrogen) atoms. The summed E-state index contributed by atoms with van der Waals surface area (Å²) in [7, 11) is 0. The summed E-state index contributed by atoms with van der Waals surface area (Å²) in [5.74, 6) is 1.22. The number of carbonyl (C=O) groups is 1. The Morgan fingerprint density at radius 3 is 2.06 bits per heavy atom. The number of rotatable bonds is 11. The van der Waals surface area contributed by atoms with Gasteiger partial charge in [-0.1, -0.05) is 59.3 Å². The lowest BCUT2D eigenvalue weighted by Gasteiger charge is -2.04. The van der Waals surface area contributed by atoms with Crippen molar-refractivity contribution < 1.29 is 4.79 Å². The summed E-state index contributed by atoms with van der Waals surface area (Å²) >= 11 is 0. The molecule has 0 heterocycles. The number of carbonyl (C=O) groups excluding carboxylic acids is 1. The molecule has 0 unspecified atom stereocenters. The van der Waals surface area contributed by atoms with Gasteiger partial charge >= 0.3 is 0 Å². The van der Waals surface area contributed by atoms with E-state index >= 15 is 0 Å². The second-order valence-electron chi connectivity index (χ2n) is 5.34. The van der Waals surface area contributed by atoms with Crippen LogP contribution in [0.3, 0.4) is 0 Å². The molecule has 0 aliphatic carbocycles. The van der Waals surface area contributed by atoms with Crippen LogP contribution in [-0.2, 0) is 4.79 Å². The van der Waals surface area contributed by atoms with Gasteiger partial charge in [0.1, 0.15) is 5.78 Å². The molecule has 0 radical (unpaired) electrons. The Balaban J connectivity index is 3.17. The van der Waals surface area contributed by atoms with E-state index < -0.39 is 0 Å². The fourth-order valence-corrected chi connectivity index (χ4v) is 1.93. The van der Waals surface area contributed by atoms with Crippen LogP contribution in [0.15, 0.2) is 0 Å². The van der Waals surface area contributed by atoms with Crippen molar-refractivity contribution in [1.82, 2.24) is 0 Å². The molecular weight excluding hydrogens is 196 g/mol. The molecule has 0 aliphatic rings. The number of hydrogen-bond donors (Lipinski definition) is 0. The average molecular weight is 226 g/mol. The maximum Gasteiger partial charge on any atom is 0.132 e. The Labute approximate surface area is 102 Å². The van der Waals surface area contributed by atoms with E-state index in [9.17, 15) is 4.79 Å². The van der Waals surface area contributed by atoms with Gasteiger partial charge < -0.3 is 0 Å². The second-order valence-corrected chi connectivity index (χ2v) is 5.34. The summed E-state index contributed by atoms with van der Waals surface area (Å²) in [6.07, 6.45) is 11.6. The Kier molecular flexibility index (Phi) is 10.9. The summed E-state index contributed by atoms with van der Waals surface area (Å²) in [6.45, 7) is 6.68. The van der Waals surface area contributed by atoms with E-state index in [4.69, 9.17) is 0 Å². The Morgan fingerprint density at radius 2 is 1.44 bits per heavy atom. The lowest BCUT2D eigenvalue weighted by molar-refractivity contribution is -0.119. The van der Waals surface area contributed by atoms with E-state index in [0.29, 0.717) is 5.78 Å². The van der Waals surface area contributed by atoms with Gasteiger partial charge in [0.15, 0.2) is 0 Å². The third-order valence-electron chi connectivity index (χ3n) is 3.05. The van der Waals surface area contributed by atoms with Crippen LogP contribution in [0.25, 0.3) is 0 Å². The zero-order chi connectivity index (χ0) is 12.2. The predicted octanol–water partition coefficient (Wildman–Crippen LogP) is 5.13. The van der Waals surface area contributed by atoms with Crippen molar-refractivity contribution >= 4 is 5.78 Å². The highest BCUT2D eigenvalue weighted by molar-refractivity contribution is 5.78. The van der Waals surface area contributed by atoms with E-state index in [1.807, 2.05) is 0 Å². The van der Waals surface area contributed by atoms with Crippen molar-refractivity contribution in [3.63, 3.8) is 0 Å². The first-order valence-corrected chi connectivity index (χ1v) is 7.18. The normalized spacial score (nSPS) is 11.0. The van der Waals surface area contributed by atoms with Gasteiger partial charge in [-0.15, -0.1) is 0 Å². The van der Waals surface area contributed by atoms with Crippen LogP contribution in [0, 0.1) is 5.92 Å². The summed E-state index contributed by atoms with van der Waals surface area (Å²) < 4.78 is 0. The molecule has 0 fully saturated rings. The number of ketones is 1. The van der Waals surface area contributed by atoms with Gasteiger partial charge in [0.2, 0.25) is 0 Å². The summed E-state index contributed by atoms with van der Waals surface area (Å²) in [5.41, 5.74) is 0. The molecule has 0 N–H and O–H groups in total. The van der Waals surface area contributed by atoms with Crippen LogP contribution in [0.5, 0.6) is 0 Å². The minimum Gasteiger partial charge on any atom is -0.300 e. The van der Waals surface area contributed by atoms with Gasteiger partial charge in [-0.3, -0.25) is 4.79 Å². The zero-order valence-electron chi connectivity index (χ0n) is 11.6. The Morgan fingerprint density at radius 1 is 0.875 bits per heavy atom. The zero-order valence-corrected chi connectivity index (χ0v) is 11.6. The van der Waals surface area contributed by atoms with Crippen LogP contribution >= 0.6 is 0 Å². The van der Waals surface area contributed by atoms with E-state index in [1.54, 1.807) is 0 Å². The van der Waals surface area contributed by atoms with E-state index in [-0.39, 0.29) is 0 Å². The molecule has 0 aromatic heterocycles. The smallest absolute Gasteiger partial charge is 0.132 e. The molecule has 1 heteroatoms. The lowest BCUT2D eigenvalue weighted by atomic mass is 10.0. The number of unbranched alkanes of at least 4 members (excludes halogenated alkanes) is 5. The van der Waals surface area contributed by atoms with E-state index in [0.717, 1.165) is 31.6 Å². The lowest BCUT2D eigenvalue weighted by Crippen LogP contribution is -1.99. The van der Waals surface area contributed by atoms with Gasteiger partial charge in [0.05, 0.1) is 0 Å². The summed E-state index contributed by atoms with van der Waals surface area (Å²) in [6, 6.07) is 0. The van der Waals surface area contributed by atoms with Crippen LogP contribution in [-0.4, -0.2) is 5.78 Å². The van der Waals surface area contributed by atoms with E-state index in [1.165, 1.54) is 38.5 Å². The first kappa shape index (κ1) is 15.7. The molecule has 0 bridgehead atoms. The molecule has 0 aliphatic heterocycles. The Hall–Kier alpha value is -0.330. The fourth-order valence-electron chi connectivity index (χ4n) is 1.93. The molecule has 0 saturated heterocycles. The van der Waals surface area contributed by atoms with Crippen molar-refractivity contribution in [2.75, 3.05) is 0 Å². The highest BCUT2D eigenvalue weighted by Gasteiger charge is 2.02. The standard InChI is InChI=1S/C15H30O/c1-4-5-6-7-8-9-12-15(16)13-10-11-14(2)3/h14H,4-13H2,1-3H3. The number of Topliss-reactive ketones (excluding diaryl/α,β-unsaturated/α-hetero) is 1. The molecule has 0 spiro atoms. The molecule has 96 valence electrons. The second kappa shape index (κ2) is 11.2. The van der Waals surface area contributed by atoms with Crippen molar-refractivity contribution in [3.05, 3.63) is 0 Å². The van der Waals surface area contributed by atoms with Crippen LogP contribution < -0.4 is 0 Å². The largest absolute Gasteiger partial charge is 0.300 e. The third kappa shape index (κ3) is 11.7. The van der Waals surface area contributed by atoms with Gasteiger partial charge in [-0.2, -0.15) is 0 Å². The van der Waals surface area contributed by atoms with Crippen molar-refractivity contribution in [2.24, 2.45) is 5.92 Å². The topological polar surface area (TPSA) is 17.1 Å². The molecular formula is C15H30O. The maximum atomic E-state index is 11.5. The summed E-state index contributed by atoms with van der Waals surface area (Å²) in [4.78, 5) is 11.5. The maximum absolute atomic E-state index is 11.5. The fraction of sp³-hybridized carbons (Fsp3) is 0.933. The quantitative estimate of drug-likeness (QED) is 0.446. The minimum atomic E-state index is 0.483. The van der Waals surface area contributed by atoms with Gasteiger partial charge in [0.25, 0.3) is 0 Å². The predicted molar refractivity (Wildman–Crippen MR) is 71.7 cm³/mol. The average Bonchev–Trinajstić information content (AvgIpc) is 2.22. The van der Waals surface area contributed by atoms with Crippen LogP contribution in [0.4, 0.5) is 0 Å². The SMILES string of the molecule is CCCCCCCCC(=O)CCCC(C)C. The minimum absolute atomic E-state index is 0.483. The molecule has 0 aromatic rings. The van der Waals surface area contributed by atoms with Crippen molar-refractivity contribution in [1.29, 1.82) is 0 Å². The monoisotopic (exact) mass is 226 g/mol. The van der Waals surface area contributed by atoms with Crippen molar-refractivity contribution in [3.8, 4) is 0 Å². The van der Waals surface area contributed by atoms with Crippen molar-refractivity contribution in [2.45, 2.75) is 85.0 Å². The number of hydrogen-bond acceptors (Lipinski definition) is 1.